The van der Waals surface area contributed by atoms with Gasteiger partial charge >= 0.3 is 5.97 Å². The number of hydrogen-bond donors (Lipinski definition) is 1. The van der Waals surface area contributed by atoms with E-state index in [1.54, 1.807) is 25.1 Å². The first-order valence-corrected chi connectivity index (χ1v) is 7.18. The fraction of sp³-hybridized carbons (Fsp3) is 0.211. The smallest absolute Gasteiger partial charge is 0.314 e. The molecule has 0 amide bonds. The van der Waals surface area contributed by atoms with Crippen LogP contribution in [-0.4, -0.2) is 11.1 Å². The molecule has 2 aromatic rings. The SMILES string of the molecule is C=CCC(C)(C(=O)O)c1ccc(OCc2ccccc2)cc1. The van der Waals surface area contributed by atoms with Crippen LogP contribution in [-0.2, 0) is 16.8 Å². The molecular weight excluding hydrogens is 276 g/mol. The van der Waals surface area contributed by atoms with Crippen molar-refractivity contribution >= 4 is 5.97 Å². The molecule has 0 aliphatic carbocycles. The highest BCUT2D eigenvalue weighted by Gasteiger charge is 2.33. The zero-order chi connectivity index (χ0) is 16.0. The summed E-state index contributed by atoms with van der Waals surface area (Å²) in [7, 11) is 0. The summed E-state index contributed by atoms with van der Waals surface area (Å²) < 4.78 is 5.71. The van der Waals surface area contributed by atoms with Crippen molar-refractivity contribution in [1.82, 2.24) is 0 Å². The molecule has 0 saturated heterocycles. The van der Waals surface area contributed by atoms with E-state index < -0.39 is 11.4 Å². The zero-order valence-corrected chi connectivity index (χ0v) is 12.7. The molecule has 0 aromatic heterocycles. The fourth-order valence-electron chi connectivity index (χ4n) is 2.28. The Balaban J connectivity index is 2.09. The number of ether oxygens (including phenoxy) is 1. The van der Waals surface area contributed by atoms with Crippen LogP contribution in [0.15, 0.2) is 67.3 Å². The number of hydrogen-bond acceptors (Lipinski definition) is 2. The highest BCUT2D eigenvalue weighted by atomic mass is 16.5. The Hall–Kier alpha value is -2.55. The minimum Gasteiger partial charge on any atom is -0.489 e. The minimum absolute atomic E-state index is 0.382. The van der Waals surface area contributed by atoms with Gasteiger partial charge in [-0.2, -0.15) is 0 Å². The molecule has 2 rings (SSSR count). The van der Waals surface area contributed by atoms with Crippen LogP contribution in [0.2, 0.25) is 0 Å². The van der Waals surface area contributed by atoms with Crippen molar-refractivity contribution in [2.24, 2.45) is 0 Å². The lowest BCUT2D eigenvalue weighted by Gasteiger charge is -2.24. The highest BCUT2D eigenvalue weighted by Crippen LogP contribution is 2.30. The normalized spacial score (nSPS) is 13.1. The first-order chi connectivity index (χ1) is 10.6. The predicted molar refractivity (Wildman–Crippen MR) is 87.0 cm³/mol. The van der Waals surface area contributed by atoms with E-state index >= 15 is 0 Å². The quantitative estimate of drug-likeness (QED) is 0.779. The monoisotopic (exact) mass is 296 g/mol. The summed E-state index contributed by atoms with van der Waals surface area (Å²) in [4.78, 5) is 11.5. The van der Waals surface area contributed by atoms with Gasteiger partial charge in [0.1, 0.15) is 12.4 Å². The number of rotatable bonds is 7. The van der Waals surface area contributed by atoms with Gasteiger partial charge in [0, 0.05) is 0 Å². The van der Waals surface area contributed by atoms with E-state index in [1.807, 2.05) is 42.5 Å². The van der Waals surface area contributed by atoms with Crippen LogP contribution in [0.5, 0.6) is 5.75 Å². The topological polar surface area (TPSA) is 46.5 Å². The summed E-state index contributed by atoms with van der Waals surface area (Å²) >= 11 is 0. The Morgan fingerprint density at radius 3 is 2.36 bits per heavy atom. The van der Waals surface area contributed by atoms with Crippen molar-refractivity contribution in [3.63, 3.8) is 0 Å². The molecular formula is C19H20O3. The number of carboxylic acids is 1. The van der Waals surface area contributed by atoms with Crippen LogP contribution in [0.25, 0.3) is 0 Å². The van der Waals surface area contributed by atoms with E-state index in [-0.39, 0.29) is 0 Å². The van der Waals surface area contributed by atoms with Gasteiger partial charge in [-0.3, -0.25) is 4.79 Å². The Kier molecular flexibility index (Phi) is 4.99. The molecule has 3 nitrogen and oxygen atoms in total. The van der Waals surface area contributed by atoms with E-state index in [2.05, 4.69) is 6.58 Å². The first kappa shape index (κ1) is 15.8. The van der Waals surface area contributed by atoms with Crippen molar-refractivity contribution in [3.05, 3.63) is 78.4 Å². The molecule has 2 aromatic carbocycles. The molecule has 0 bridgehead atoms. The lowest BCUT2D eigenvalue weighted by Crippen LogP contribution is -2.31. The van der Waals surface area contributed by atoms with Crippen LogP contribution >= 0.6 is 0 Å². The van der Waals surface area contributed by atoms with Gasteiger partial charge in [0.05, 0.1) is 5.41 Å². The van der Waals surface area contributed by atoms with Crippen molar-refractivity contribution in [2.45, 2.75) is 25.4 Å². The number of carboxylic acid groups (broad SMARTS) is 1. The molecule has 0 aliphatic rings. The van der Waals surface area contributed by atoms with Crippen LogP contribution in [0.4, 0.5) is 0 Å². The maximum Gasteiger partial charge on any atom is 0.314 e. The van der Waals surface area contributed by atoms with Gasteiger partial charge in [-0.15, -0.1) is 6.58 Å². The number of carbonyl (C=O) groups is 1. The molecule has 114 valence electrons. The van der Waals surface area contributed by atoms with E-state index in [1.165, 1.54) is 0 Å². The van der Waals surface area contributed by atoms with E-state index in [4.69, 9.17) is 4.74 Å². The second-order valence-corrected chi connectivity index (χ2v) is 5.43. The van der Waals surface area contributed by atoms with E-state index in [0.717, 1.165) is 16.9 Å². The van der Waals surface area contributed by atoms with Gasteiger partial charge in [-0.05, 0) is 36.6 Å². The Bertz CT molecular complexity index is 631. The Labute approximate surface area is 130 Å². The summed E-state index contributed by atoms with van der Waals surface area (Å²) in [6.45, 7) is 5.84. The van der Waals surface area contributed by atoms with Crippen molar-refractivity contribution in [3.8, 4) is 5.75 Å². The van der Waals surface area contributed by atoms with Crippen LogP contribution in [0, 0.1) is 0 Å². The summed E-state index contributed by atoms with van der Waals surface area (Å²) in [5, 5.41) is 9.46. The average molecular weight is 296 g/mol. The molecule has 3 heteroatoms. The second kappa shape index (κ2) is 6.94. The maximum atomic E-state index is 11.5. The average Bonchev–Trinajstić information content (AvgIpc) is 2.54. The highest BCUT2D eigenvalue weighted by molar-refractivity contribution is 5.81. The van der Waals surface area contributed by atoms with Crippen LogP contribution in [0.1, 0.15) is 24.5 Å². The number of aliphatic carboxylic acids is 1. The van der Waals surface area contributed by atoms with Gasteiger partial charge in [0.25, 0.3) is 0 Å². The summed E-state index contributed by atoms with van der Waals surface area (Å²) in [5.74, 6) is -0.135. The van der Waals surface area contributed by atoms with Crippen molar-refractivity contribution in [2.75, 3.05) is 0 Å². The lowest BCUT2D eigenvalue weighted by molar-refractivity contribution is -0.143. The zero-order valence-electron chi connectivity index (χ0n) is 12.7. The standard InChI is InChI=1S/C19H20O3/c1-3-13-19(2,18(20)21)16-9-11-17(12-10-16)22-14-15-7-5-4-6-8-15/h3-12H,1,13-14H2,2H3,(H,20,21). The Morgan fingerprint density at radius 1 is 1.18 bits per heavy atom. The molecule has 0 spiro atoms. The molecule has 1 N–H and O–H groups in total. The van der Waals surface area contributed by atoms with Crippen molar-refractivity contribution in [1.29, 1.82) is 0 Å². The molecule has 1 unspecified atom stereocenters. The van der Waals surface area contributed by atoms with Crippen molar-refractivity contribution < 1.29 is 14.6 Å². The molecule has 0 saturated carbocycles. The molecule has 0 aliphatic heterocycles. The predicted octanol–water partition coefficient (Wildman–Crippen LogP) is 4.18. The maximum absolute atomic E-state index is 11.5. The van der Waals surface area contributed by atoms with Gasteiger partial charge < -0.3 is 9.84 Å². The Morgan fingerprint density at radius 2 is 1.82 bits per heavy atom. The van der Waals surface area contributed by atoms with Crippen LogP contribution in [0.3, 0.4) is 0 Å². The summed E-state index contributed by atoms with van der Waals surface area (Å²) in [5.41, 5.74) is 0.875. The molecule has 0 fully saturated rings. The fourth-order valence-corrected chi connectivity index (χ4v) is 2.28. The largest absolute Gasteiger partial charge is 0.489 e. The van der Waals surface area contributed by atoms with E-state index in [0.29, 0.717) is 13.0 Å². The first-order valence-electron chi connectivity index (χ1n) is 7.18. The molecule has 22 heavy (non-hydrogen) atoms. The van der Waals surface area contributed by atoms with Gasteiger partial charge in [-0.25, -0.2) is 0 Å². The molecule has 1 atom stereocenters. The van der Waals surface area contributed by atoms with Gasteiger partial charge in [0.2, 0.25) is 0 Å². The minimum atomic E-state index is -0.959. The van der Waals surface area contributed by atoms with Gasteiger partial charge in [0.15, 0.2) is 0 Å². The number of allylic oxidation sites excluding steroid dienone is 1. The lowest BCUT2D eigenvalue weighted by atomic mass is 9.79. The van der Waals surface area contributed by atoms with Crippen LogP contribution < -0.4 is 4.74 Å². The van der Waals surface area contributed by atoms with E-state index in [9.17, 15) is 9.90 Å². The third-order valence-electron chi connectivity index (χ3n) is 3.76. The summed E-state index contributed by atoms with van der Waals surface area (Å²) in [6.07, 6.45) is 2.01. The van der Waals surface area contributed by atoms with Gasteiger partial charge in [-0.1, -0.05) is 48.5 Å². The second-order valence-electron chi connectivity index (χ2n) is 5.43. The molecule has 0 heterocycles. The third kappa shape index (κ3) is 3.55. The number of benzene rings is 2. The summed E-state index contributed by atoms with van der Waals surface area (Å²) in [6, 6.07) is 17.1. The molecule has 0 radical (unpaired) electrons. The third-order valence-corrected chi connectivity index (χ3v) is 3.76.